The van der Waals surface area contributed by atoms with Crippen LogP contribution in [0.1, 0.15) is 39.7 Å². The van der Waals surface area contributed by atoms with E-state index in [0.29, 0.717) is 11.5 Å². The van der Waals surface area contributed by atoms with E-state index in [2.05, 4.69) is 4.74 Å². The summed E-state index contributed by atoms with van der Waals surface area (Å²) < 4.78 is 15.6. The average Bonchev–Trinajstić information content (AvgIpc) is 2.96. The number of esters is 1. The molecule has 6 heteroatoms. The number of hydrogen-bond donors (Lipinski definition) is 1. The second-order valence-electron chi connectivity index (χ2n) is 4.31. The summed E-state index contributed by atoms with van der Waals surface area (Å²) in [5, 5.41) is 0. The number of primary amides is 1. The van der Waals surface area contributed by atoms with Crippen LogP contribution in [0.3, 0.4) is 0 Å². The van der Waals surface area contributed by atoms with Gasteiger partial charge in [0.05, 0.1) is 12.7 Å². The number of benzene rings is 1. The lowest BCUT2D eigenvalue weighted by atomic mass is 10.2. The number of furan rings is 1. The smallest absolute Gasteiger partial charge is 0.373 e. The molecule has 1 atom stereocenters. The Hall–Kier alpha value is -2.76. The van der Waals surface area contributed by atoms with Gasteiger partial charge < -0.3 is 19.6 Å². The lowest BCUT2D eigenvalue weighted by Gasteiger charge is -2.14. The van der Waals surface area contributed by atoms with Gasteiger partial charge in [-0.1, -0.05) is 12.1 Å². The number of carbonyl (C=O) groups excluding carboxylic acids is 2. The Bertz CT molecular complexity index is 662. The van der Waals surface area contributed by atoms with Crippen LogP contribution in [-0.4, -0.2) is 19.0 Å². The molecule has 1 aromatic heterocycles. The van der Waals surface area contributed by atoms with Crippen molar-refractivity contribution in [1.29, 1.82) is 0 Å². The highest BCUT2D eigenvalue weighted by molar-refractivity contribution is 5.95. The third-order valence-corrected chi connectivity index (χ3v) is 2.87. The number of hydrogen-bond acceptors (Lipinski definition) is 5. The van der Waals surface area contributed by atoms with Crippen molar-refractivity contribution in [3.63, 3.8) is 0 Å². The van der Waals surface area contributed by atoms with Crippen molar-refractivity contribution in [2.45, 2.75) is 13.0 Å². The first-order valence-corrected chi connectivity index (χ1v) is 6.26. The number of methoxy groups -OCH3 is 1. The molecule has 2 aromatic rings. The van der Waals surface area contributed by atoms with Gasteiger partial charge in [-0.05, 0) is 31.2 Å². The van der Waals surface area contributed by atoms with E-state index in [4.69, 9.17) is 14.9 Å². The SMILES string of the molecule is COC(=O)c1ccc(C(C)Oc2ccccc2C(N)=O)o1. The molecule has 1 heterocycles. The van der Waals surface area contributed by atoms with E-state index in [9.17, 15) is 9.59 Å². The van der Waals surface area contributed by atoms with Crippen molar-refractivity contribution in [2.24, 2.45) is 5.73 Å². The molecule has 1 unspecified atom stereocenters. The van der Waals surface area contributed by atoms with Crippen LogP contribution < -0.4 is 10.5 Å². The highest BCUT2D eigenvalue weighted by atomic mass is 16.5. The van der Waals surface area contributed by atoms with Crippen LogP contribution in [0.25, 0.3) is 0 Å². The molecule has 0 aliphatic carbocycles. The summed E-state index contributed by atoms with van der Waals surface area (Å²) in [7, 11) is 1.27. The van der Waals surface area contributed by atoms with Crippen LogP contribution in [0.2, 0.25) is 0 Å². The van der Waals surface area contributed by atoms with Crippen molar-refractivity contribution < 1.29 is 23.5 Å². The maximum atomic E-state index is 11.3. The van der Waals surface area contributed by atoms with Crippen molar-refractivity contribution in [3.8, 4) is 5.75 Å². The normalized spacial score (nSPS) is 11.7. The lowest BCUT2D eigenvalue weighted by Crippen LogP contribution is -2.14. The summed E-state index contributed by atoms with van der Waals surface area (Å²) in [5.41, 5.74) is 5.57. The first kappa shape index (κ1) is 14.6. The molecule has 0 aliphatic rings. The quantitative estimate of drug-likeness (QED) is 0.853. The van der Waals surface area contributed by atoms with E-state index in [0.717, 1.165) is 0 Å². The second-order valence-corrected chi connectivity index (χ2v) is 4.31. The molecule has 2 N–H and O–H groups in total. The standard InChI is InChI=1S/C15H15NO5/c1-9(11-7-8-13(21-11)15(18)19-2)20-12-6-4-3-5-10(12)14(16)17/h3-9H,1-2H3,(H2,16,17). The minimum absolute atomic E-state index is 0.0890. The van der Waals surface area contributed by atoms with Crippen molar-refractivity contribution in [1.82, 2.24) is 0 Å². The largest absolute Gasteiger partial charge is 0.482 e. The van der Waals surface area contributed by atoms with Crippen molar-refractivity contribution >= 4 is 11.9 Å². The Morgan fingerprint density at radius 1 is 1.19 bits per heavy atom. The highest BCUT2D eigenvalue weighted by Gasteiger charge is 2.18. The topological polar surface area (TPSA) is 91.8 Å². The Kier molecular flexibility index (Phi) is 4.27. The Morgan fingerprint density at radius 2 is 1.90 bits per heavy atom. The maximum absolute atomic E-state index is 11.3. The highest BCUT2D eigenvalue weighted by Crippen LogP contribution is 2.26. The zero-order valence-corrected chi connectivity index (χ0v) is 11.7. The van der Waals surface area contributed by atoms with Gasteiger partial charge in [-0.25, -0.2) is 4.79 Å². The van der Waals surface area contributed by atoms with E-state index >= 15 is 0 Å². The van der Waals surface area contributed by atoms with Crippen molar-refractivity contribution in [2.75, 3.05) is 7.11 Å². The molecular formula is C15H15NO5. The number of carbonyl (C=O) groups is 2. The molecule has 2 rings (SSSR count). The van der Waals surface area contributed by atoms with Gasteiger partial charge in [0.1, 0.15) is 11.5 Å². The van der Waals surface area contributed by atoms with Gasteiger partial charge in [-0.3, -0.25) is 4.79 Å². The molecule has 0 saturated carbocycles. The monoisotopic (exact) mass is 289 g/mol. The van der Waals surface area contributed by atoms with E-state index in [1.165, 1.54) is 13.2 Å². The molecule has 0 saturated heterocycles. The van der Waals surface area contributed by atoms with E-state index in [-0.39, 0.29) is 11.3 Å². The van der Waals surface area contributed by atoms with E-state index in [1.54, 1.807) is 37.3 Å². The fourth-order valence-electron chi connectivity index (χ4n) is 1.80. The third kappa shape index (κ3) is 3.22. The molecule has 0 spiro atoms. The molecule has 6 nitrogen and oxygen atoms in total. The Morgan fingerprint density at radius 3 is 2.57 bits per heavy atom. The summed E-state index contributed by atoms with van der Waals surface area (Å²) in [4.78, 5) is 22.7. The van der Waals surface area contributed by atoms with Gasteiger partial charge in [0.25, 0.3) is 5.91 Å². The van der Waals surface area contributed by atoms with Crippen LogP contribution in [0.5, 0.6) is 5.75 Å². The zero-order valence-electron chi connectivity index (χ0n) is 11.7. The molecular weight excluding hydrogens is 274 g/mol. The Balaban J connectivity index is 2.18. The zero-order chi connectivity index (χ0) is 15.4. The molecule has 21 heavy (non-hydrogen) atoms. The minimum Gasteiger partial charge on any atom is -0.482 e. The maximum Gasteiger partial charge on any atom is 0.373 e. The third-order valence-electron chi connectivity index (χ3n) is 2.87. The fourth-order valence-corrected chi connectivity index (χ4v) is 1.80. The molecule has 1 amide bonds. The number of ether oxygens (including phenoxy) is 2. The first-order valence-electron chi connectivity index (χ1n) is 6.26. The molecule has 0 aliphatic heterocycles. The number of para-hydroxylation sites is 1. The summed E-state index contributed by atoms with van der Waals surface area (Å²) in [6, 6.07) is 9.76. The number of rotatable bonds is 5. The average molecular weight is 289 g/mol. The molecule has 0 radical (unpaired) electrons. The van der Waals surface area contributed by atoms with Crippen LogP contribution in [-0.2, 0) is 4.74 Å². The first-order chi connectivity index (χ1) is 10.0. The minimum atomic E-state index is -0.576. The molecule has 0 bridgehead atoms. The number of nitrogens with two attached hydrogens (primary N) is 1. The van der Waals surface area contributed by atoms with Gasteiger partial charge in [0.15, 0.2) is 6.10 Å². The van der Waals surface area contributed by atoms with Gasteiger partial charge in [0, 0.05) is 0 Å². The summed E-state index contributed by atoms with van der Waals surface area (Å²) in [5.74, 6) is -0.257. The van der Waals surface area contributed by atoms with Crippen LogP contribution >= 0.6 is 0 Å². The van der Waals surface area contributed by atoms with Gasteiger partial charge in [-0.15, -0.1) is 0 Å². The second kappa shape index (κ2) is 6.13. The Labute approximate surface area is 121 Å². The van der Waals surface area contributed by atoms with Crippen LogP contribution in [0, 0.1) is 0 Å². The molecule has 0 fully saturated rings. The number of amides is 1. The predicted molar refractivity (Wildman–Crippen MR) is 74.1 cm³/mol. The van der Waals surface area contributed by atoms with Crippen LogP contribution in [0.15, 0.2) is 40.8 Å². The van der Waals surface area contributed by atoms with Crippen LogP contribution in [0.4, 0.5) is 0 Å². The molecule has 110 valence electrons. The van der Waals surface area contributed by atoms with Gasteiger partial charge in [-0.2, -0.15) is 0 Å². The summed E-state index contributed by atoms with van der Waals surface area (Å²) >= 11 is 0. The van der Waals surface area contributed by atoms with Gasteiger partial charge >= 0.3 is 5.97 Å². The summed E-state index contributed by atoms with van der Waals surface area (Å²) in [6.45, 7) is 1.73. The fraction of sp³-hybridized carbons (Fsp3) is 0.200. The summed E-state index contributed by atoms with van der Waals surface area (Å²) in [6.07, 6.45) is -0.496. The predicted octanol–water partition coefficient (Wildman–Crippen LogP) is 2.31. The molecule has 1 aromatic carbocycles. The van der Waals surface area contributed by atoms with Crippen molar-refractivity contribution in [3.05, 3.63) is 53.5 Å². The van der Waals surface area contributed by atoms with E-state index < -0.39 is 18.0 Å². The van der Waals surface area contributed by atoms with E-state index in [1.807, 2.05) is 0 Å². The lowest BCUT2D eigenvalue weighted by molar-refractivity contribution is 0.0558. The van der Waals surface area contributed by atoms with Gasteiger partial charge in [0.2, 0.25) is 5.76 Å².